The van der Waals surface area contributed by atoms with Crippen LogP contribution >= 0.6 is 15.9 Å². The molecule has 0 aromatic carbocycles. The molecule has 0 atom stereocenters. The summed E-state index contributed by atoms with van der Waals surface area (Å²) in [7, 11) is 0. The molecule has 1 N–H and O–H groups in total. The van der Waals surface area contributed by atoms with Crippen molar-refractivity contribution in [3.05, 3.63) is 10.7 Å². The number of allylic oxidation sites excluding steroid dienone is 1. The van der Waals surface area contributed by atoms with Crippen molar-refractivity contribution in [2.24, 2.45) is 0 Å². The van der Waals surface area contributed by atoms with E-state index in [0.717, 1.165) is 6.42 Å². The highest BCUT2D eigenvalue weighted by molar-refractivity contribution is 9.11. The van der Waals surface area contributed by atoms with E-state index in [4.69, 9.17) is 0 Å². The van der Waals surface area contributed by atoms with Gasteiger partial charge >= 0.3 is 0 Å². The molecule has 0 unspecified atom stereocenters. The Morgan fingerprint density at radius 3 is 2.30 bits per heavy atom. The van der Waals surface area contributed by atoms with Gasteiger partial charge in [-0.15, -0.1) is 0 Å². The Morgan fingerprint density at radius 2 is 2.00 bits per heavy atom. The zero-order valence-electron chi connectivity index (χ0n) is 7.16. The van der Waals surface area contributed by atoms with Crippen LogP contribution in [0.1, 0.15) is 34.1 Å². The maximum absolute atomic E-state index is 3.43. The van der Waals surface area contributed by atoms with Crippen LogP contribution in [0.25, 0.3) is 0 Å². The third kappa shape index (κ3) is 6.14. The number of halogens is 1. The molecule has 0 amide bonds. The summed E-state index contributed by atoms with van der Waals surface area (Å²) >= 11 is 3.43. The van der Waals surface area contributed by atoms with Gasteiger partial charge in [0.25, 0.3) is 0 Å². The first-order valence-corrected chi connectivity index (χ1v) is 4.37. The Morgan fingerprint density at radius 1 is 1.50 bits per heavy atom. The minimum absolute atomic E-state index is 0.175. The monoisotopic (exact) mass is 205 g/mol. The van der Waals surface area contributed by atoms with Gasteiger partial charge in [-0.3, -0.25) is 0 Å². The molecular weight excluding hydrogens is 190 g/mol. The Hall–Kier alpha value is 0.0200. The fourth-order valence-corrected chi connectivity index (χ4v) is 0.511. The average Bonchev–Trinajstić information content (AvgIpc) is 1.81. The molecule has 0 radical (unpaired) electrons. The largest absolute Gasteiger partial charge is 0.386 e. The summed E-state index contributed by atoms with van der Waals surface area (Å²) in [6, 6.07) is 0. The predicted octanol–water partition coefficient (Wildman–Crippen LogP) is 3.02. The van der Waals surface area contributed by atoms with Crippen LogP contribution in [0.2, 0.25) is 0 Å². The van der Waals surface area contributed by atoms with E-state index in [1.165, 1.54) is 4.48 Å². The van der Waals surface area contributed by atoms with E-state index in [-0.39, 0.29) is 5.54 Å². The van der Waals surface area contributed by atoms with Crippen molar-refractivity contribution in [2.45, 2.75) is 39.7 Å². The van der Waals surface area contributed by atoms with Crippen LogP contribution in [0.4, 0.5) is 0 Å². The van der Waals surface area contributed by atoms with Gasteiger partial charge < -0.3 is 5.32 Å². The highest BCUT2D eigenvalue weighted by Gasteiger charge is 2.04. The zero-order valence-corrected chi connectivity index (χ0v) is 8.75. The smallest absolute Gasteiger partial charge is 0.0284 e. The van der Waals surface area contributed by atoms with Crippen molar-refractivity contribution in [2.75, 3.05) is 0 Å². The molecule has 0 aromatic heterocycles. The van der Waals surface area contributed by atoms with Gasteiger partial charge in [0.2, 0.25) is 0 Å². The van der Waals surface area contributed by atoms with E-state index in [2.05, 4.69) is 48.9 Å². The van der Waals surface area contributed by atoms with Crippen LogP contribution < -0.4 is 5.32 Å². The first-order valence-electron chi connectivity index (χ1n) is 3.58. The minimum atomic E-state index is 0.175. The third-order valence-electron chi connectivity index (χ3n) is 1.000. The molecule has 0 aliphatic rings. The second-order valence-corrected chi connectivity index (χ2v) is 4.36. The summed E-state index contributed by atoms with van der Waals surface area (Å²) in [5.41, 5.74) is 0.175. The highest BCUT2D eigenvalue weighted by atomic mass is 79.9. The highest BCUT2D eigenvalue weighted by Crippen LogP contribution is 2.08. The zero-order chi connectivity index (χ0) is 8.20. The van der Waals surface area contributed by atoms with Crippen LogP contribution in [-0.4, -0.2) is 5.54 Å². The Labute approximate surface area is 72.0 Å². The van der Waals surface area contributed by atoms with Crippen molar-refractivity contribution in [1.29, 1.82) is 0 Å². The maximum Gasteiger partial charge on any atom is 0.0284 e. The van der Waals surface area contributed by atoms with E-state index >= 15 is 0 Å². The van der Waals surface area contributed by atoms with Gasteiger partial charge in [0.1, 0.15) is 0 Å². The normalized spacial score (nSPS) is 13.5. The molecular formula is C8H16BrN. The van der Waals surface area contributed by atoms with Gasteiger partial charge in [0.05, 0.1) is 0 Å². The molecule has 0 fully saturated rings. The lowest BCUT2D eigenvalue weighted by Crippen LogP contribution is -2.31. The van der Waals surface area contributed by atoms with Crippen LogP contribution in [0.5, 0.6) is 0 Å². The number of hydrogen-bond donors (Lipinski definition) is 1. The Bertz CT molecular complexity index is 122. The minimum Gasteiger partial charge on any atom is -0.386 e. The quantitative estimate of drug-likeness (QED) is 0.732. The van der Waals surface area contributed by atoms with Crippen LogP contribution in [0, 0.1) is 0 Å². The molecule has 0 saturated heterocycles. The SMILES string of the molecule is CC/C(Br)=C/NC(C)(C)C. The summed E-state index contributed by atoms with van der Waals surface area (Å²) < 4.78 is 1.21. The van der Waals surface area contributed by atoms with Crippen molar-refractivity contribution in [1.82, 2.24) is 5.32 Å². The molecule has 0 rings (SSSR count). The second kappa shape index (κ2) is 4.02. The lowest BCUT2D eigenvalue weighted by atomic mass is 10.1. The van der Waals surface area contributed by atoms with E-state index in [1.54, 1.807) is 0 Å². The lowest BCUT2D eigenvalue weighted by molar-refractivity contribution is 0.490. The first-order chi connectivity index (χ1) is 4.45. The fourth-order valence-electron chi connectivity index (χ4n) is 0.397. The van der Waals surface area contributed by atoms with Gasteiger partial charge in [0.15, 0.2) is 0 Å². The summed E-state index contributed by atoms with van der Waals surface area (Å²) in [6.45, 7) is 8.53. The fraction of sp³-hybridized carbons (Fsp3) is 0.750. The number of nitrogens with one attached hydrogen (secondary N) is 1. The van der Waals surface area contributed by atoms with Crippen molar-refractivity contribution < 1.29 is 0 Å². The van der Waals surface area contributed by atoms with E-state index < -0.39 is 0 Å². The molecule has 0 spiro atoms. The molecule has 60 valence electrons. The van der Waals surface area contributed by atoms with Gasteiger partial charge in [-0.1, -0.05) is 22.9 Å². The molecule has 0 saturated carbocycles. The Balaban J connectivity index is 3.73. The first kappa shape index (κ1) is 10.0. The summed E-state index contributed by atoms with van der Waals surface area (Å²) in [5, 5.41) is 3.26. The number of hydrogen-bond acceptors (Lipinski definition) is 1. The van der Waals surface area contributed by atoms with Crippen LogP contribution in [0.3, 0.4) is 0 Å². The molecule has 0 aliphatic carbocycles. The lowest BCUT2D eigenvalue weighted by Gasteiger charge is -2.18. The van der Waals surface area contributed by atoms with E-state index in [9.17, 15) is 0 Å². The maximum atomic E-state index is 3.43. The summed E-state index contributed by atoms with van der Waals surface area (Å²) in [4.78, 5) is 0. The summed E-state index contributed by atoms with van der Waals surface area (Å²) in [5.74, 6) is 0. The van der Waals surface area contributed by atoms with Crippen molar-refractivity contribution in [3.8, 4) is 0 Å². The second-order valence-electron chi connectivity index (χ2n) is 3.34. The van der Waals surface area contributed by atoms with Crippen LogP contribution in [-0.2, 0) is 0 Å². The van der Waals surface area contributed by atoms with Gasteiger partial charge in [0, 0.05) is 16.2 Å². The summed E-state index contributed by atoms with van der Waals surface area (Å²) in [6.07, 6.45) is 3.06. The predicted molar refractivity (Wildman–Crippen MR) is 50.2 cm³/mol. The molecule has 0 aromatic rings. The van der Waals surface area contributed by atoms with Crippen LogP contribution in [0.15, 0.2) is 10.7 Å². The van der Waals surface area contributed by atoms with Crippen molar-refractivity contribution in [3.63, 3.8) is 0 Å². The van der Waals surface area contributed by atoms with Gasteiger partial charge in [-0.05, 0) is 27.2 Å². The molecule has 0 bridgehead atoms. The van der Waals surface area contributed by atoms with Crippen molar-refractivity contribution >= 4 is 15.9 Å². The topological polar surface area (TPSA) is 12.0 Å². The molecule has 2 heteroatoms. The number of rotatable bonds is 2. The molecule has 10 heavy (non-hydrogen) atoms. The van der Waals surface area contributed by atoms with E-state index in [1.807, 2.05) is 6.20 Å². The average molecular weight is 206 g/mol. The van der Waals surface area contributed by atoms with Gasteiger partial charge in [-0.2, -0.15) is 0 Å². The standard InChI is InChI=1S/C8H16BrN/c1-5-7(9)6-10-8(2,3)4/h6,10H,5H2,1-4H3/b7-6-. The third-order valence-corrected chi connectivity index (χ3v) is 1.79. The Kier molecular flexibility index (Phi) is 4.02. The van der Waals surface area contributed by atoms with Gasteiger partial charge in [-0.25, -0.2) is 0 Å². The van der Waals surface area contributed by atoms with E-state index in [0.29, 0.717) is 0 Å². The molecule has 0 aliphatic heterocycles. The molecule has 0 heterocycles. The molecule has 1 nitrogen and oxygen atoms in total.